The molecule has 0 bridgehead atoms. The lowest BCUT2D eigenvalue weighted by Gasteiger charge is -2.38. The van der Waals surface area contributed by atoms with Crippen molar-refractivity contribution in [1.82, 2.24) is 20.0 Å². The lowest BCUT2D eigenvalue weighted by atomic mass is 9.97. The highest BCUT2D eigenvalue weighted by atomic mass is 19.1. The van der Waals surface area contributed by atoms with Crippen LogP contribution in [0.4, 0.5) is 4.39 Å². The smallest absolute Gasteiger partial charge is 0.227 e. The highest BCUT2D eigenvalue weighted by Gasteiger charge is 2.36. The molecule has 26 heavy (non-hydrogen) atoms. The number of amides is 2. The van der Waals surface area contributed by atoms with E-state index < -0.39 is 0 Å². The summed E-state index contributed by atoms with van der Waals surface area (Å²) < 4.78 is 14.6. The minimum absolute atomic E-state index is 0.0446. The summed E-state index contributed by atoms with van der Waals surface area (Å²) in [5, 5.41) is 7.28. The van der Waals surface area contributed by atoms with Gasteiger partial charge in [-0.05, 0) is 31.5 Å². The molecule has 0 spiro atoms. The van der Waals surface area contributed by atoms with E-state index in [9.17, 15) is 14.0 Å². The number of carbonyl (C=O) groups is 2. The molecule has 2 aromatic rings. The standard InChI is InChI=1S/C19H23FN4O2/c1-12(17-11-23(3)22-13(17)2)21-19(26)15-9-24(10-15)18(25)8-14-4-6-16(20)7-5-14/h4-7,11-12,15H,8-10H2,1-3H3,(H,21,26)/t12-/m0/s1. The first kappa shape index (κ1) is 18.1. The number of hydrogen-bond acceptors (Lipinski definition) is 3. The number of nitrogens with one attached hydrogen (secondary N) is 1. The van der Waals surface area contributed by atoms with Crippen LogP contribution in [-0.4, -0.2) is 39.6 Å². The highest BCUT2D eigenvalue weighted by molar-refractivity contribution is 5.85. The molecule has 1 fully saturated rings. The fourth-order valence-electron chi connectivity index (χ4n) is 3.19. The van der Waals surface area contributed by atoms with Gasteiger partial charge in [-0.3, -0.25) is 14.3 Å². The van der Waals surface area contributed by atoms with Gasteiger partial charge >= 0.3 is 0 Å². The third-order valence-electron chi connectivity index (χ3n) is 4.75. The molecule has 0 unspecified atom stereocenters. The van der Waals surface area contributed by atoms with Gasteiger partial charge in [-0.1, -0.05) is 12.1 Å². The van der Waals surface area contributed by atoms with E-state index in [1.807, 2.05) is 27.1 Å². The minimum Gasteiger partial charge on any atom is -0.349 e. The Morgan fingerprint density at radius 3 is 2.54 bits per heavy atom. The number of carbonyl (C=O) groups excluding carboxylic acids is 2. The lowest BCUT2D eigenvalue weighted by molar-refractivity contribution is -0.142. The maximum Gasteiger partial charge on any atom is 0.227 e. The van der Waals surface area contributed by atoms with Crippen LogP contribution in [0, 0.1) is 18.7 Å². The number of aryl methyl sites for hydroxylation is 2. The summed E-state index contributed by atoms with van der Waals surface area (Å²) in [5.74, 6) is -0.602. The maximum absolute atomic E-state index is 12.9. The summed E-state index contributed by atoms with van der Waals surface area (Å²) in [7, 11) is 1.85. The van der Waals surface area contributed by atoms with Crippen molar-refractivity contribution < 1.29 is 14.0 Å². The van der Waals surface area contributed by atoms with Crippen molar-refractivity contribution in [3.8, 4) is 0 Å². The number of hydrogen-bond donors (Lipinski definition) is 1. The van der Waals surface area contributed by atoms with Crippen molar-refractivity contribution in [2.24, 2.45) is 13.0 Å². The molecule has 6 nitrogen and oxygen atoms in total. The van der Waals surface area contributed by atoms with Gasteiger partial charge in [-0.2, -0.15) is 5.10 Å². The fourth-order valence-corrected chi connectivity index (χ4v) is 3.19. The van der Waals surface area contributed by atoms with Crippen LogP contribution in [0.5, 0.6) is 0 Å². The number of rotatable bonds is 5. The molecule has 138 valence electrons. The predicted molar refractivity (Wildman–Crippen MR) is 94.7 cm³/mol. The Labute approximate surface area is 152 Å². The highest BCUT2D eigenvalue weighted by Crippen LogP contribution is 2.21. The van der Waals surface area contributed by atoms with Gasteiger partial charge in [0, 0.05) is 31.9 Å². The zero-order valence-corrected chi connectivity index (χ0v) is 15.2. The van der Waals surface area contributed by atoms with Gasteiger partial charge in [0.1, 0.15) is 5.82 Å². The van der Waals surface area contributed by atoms with Crippen LogP contribution in [0.1, 0.15) is 29.8 Å². The SMILES string of the molecule is Cc1nn(C)cc1[C@H](C)NC(=O)C1CN(C(=O)Cc2ccc(F)cc2)C1. The van der Waals surface area contributed by atoms with E-state index in [0.717, 1.165) is 16.8 Å². The molecule has 1 N–H and O–H groups in total. The first-order valence-corrected chi connectivity index (χ1v) is 8.66. The second-order valence-electron chi connectivity index (χ2n) is 6.87. The number of halogens is 1. The number of aromatic nitrogens is 2. The third kappa shape index (κ3) is 3.92. The van der Waals surface area contributed by atoms with Crippen molar-refractivity contribution in [2.45, 2.75) is 26.3 Å². The Balaban J connectivity index is 1.48. The predicted octanol–water partition coefficient (Wildman–Crippen LogP) is 1.75. The molecule has 2 amide bonds. The molecule has 2 heterocycles. The second-order valence-corrected chi connectivity index (χ2v) is 6.87. The van der Waals surface area contributed by atoms with Crippen LogP contribution in [-0.2, 0) is 23.1 Å². The van der Waals surface area contributed by atoms with Crippen molar-refractivity contribution >= 4 is 11.8 Å². The number of nitrogens with zero attached hydrogens (tertiary/aromatic N) is 3. The molecule has 1 aromatic carbocycles. The van der Waals surface area contributed by atoms with Gasteiger partial charge in [-0.15, -0.1) is 0 Å². The molecule has 1 aliphatic heterocycles. The molecule has 0 aliphatic carbocycles. The Hall–Kier alpha value is -2.70. The molecular weight excluding hydrogens is 335 g/mol. The van der Waals surface area contributed by atoms with E-state index in [4.69, 9.17) is 0 Å². The molecule has 1 aromatic heterocycles. The van der Waals surface area contributed by atoms with Crippen LogP contribution in [0.25, 0.3) is 0 Å². The van der Waals surface area contributed by atoms with Crippen molar-refractivity contribution in [3.05, 3.63) is 53.1 Å². The molecule has 0 radical (unpaired) electrons. The molecule has 1 atom stereocenters. The summed E-state index contributed by atoms with van der Waals surface area (Å²) >= 11 is 0. The van der Waals surface area contributed by atoms with E-state index in [1.54, 1.807) is 21.7 Å². The summed E-state index contributed by atoms with van der Waals surface area (Å²) in [6, 6.07) is 5.78. The fraction of sp³-hybridized carbons (Fsp3) is 0.421. The first-order valence-electron chi connectivity index (χ1n) is 8.66. The Morgan fingerprint density at radius 2 is 1.96 bits per heavy atom. The summed E-state index contributed by atoms with van der Waals surface area (Å²) in [6.45, 7) is 4.68. The second kappa shape index (κ2) is 7.27. The van der Waals surface area contributed by atoms with E-state index in [0.29, 0.717) is 13.1 Å². The van der Waals surface area contributed by atoms with Crippen LogP contribution >= 0.6 is 0 Å². The summed E-state index contributed by atoms with van der Waals surface area (Å²) in [5.41, 5.74) is 2.65. The topological polar surface area (TPSA) is 67.2 Å². The van der Waals surface area contributed by atoms with Crippen molar-refractivity contribution in [3.63, 3.8) is 0 Å². The molecule has 1 aliphatic rings. The molecule has 1 saturated heterocycles. The molecule has 0 saturated carbocycles. The van der Waals surface area contributed by atoms with Gasteiger partial charge < -0.3 is 10.2 Å². The first-order chi connectivity index (χ1) is 12.3. The van der Waals surface area contributed by atoms with Crippen molar-refractivity contribution in [2.75, 3.05) is 13.1 Å². The normalized spacial score (nSPS) is 15.5. The van der Waals surface area contributed by atoms with E-state index >= 15 is 0 Å². The molecule has 3 rings (SSSR count). The van der Waals surface area contributed by atoms with Crippen molar-refractivity contribution in [1.29, 1.82) is 0 Å². The van der Waals surface area contributed by atoms with Crippen LogP contribution in [0.3, 0.4) is 0 Å². The van der Waals surface area contributed by atoms with E-state index in [2.05, 4.69) is 10.4 Å². The van der Waals surface area contributed by atoms with Gasteiger partial charge in [0.25, 0.3) is 0 Å². The average Bonchev–Trinajstić information content (AvgIpc) is 2.86. The zero-order valence-electron chi connectivity index (χ0n) is 15.2. The third-order valence-corrected chi connectivity index (χ3v) is 4.75. The van der Waals surface area contributed by atoms with E-state index in [1.165, 1.54) is 12.1 Å². The zero-order chi connectivity index (χ0) is 18.8. The summed E-state index contributed by atoms with van der Waals surface area (Å²) in [6.07, 6.45) is 2.12. The van der Waals surface area contributed by atoms with Crippen LogP contribution < -0.4 is 5.32 Å². The quantitative estimate of drug-likeness (QED) is 0.885. The van der Waals surface area contributed by atoms with Crippen LogP contribution in [0.2, 0.25) is 0 Å². The number of likely N-dealkylation sites (tertiary alicyclic amines) is 1. The Kier molecular flexibility index (Phi) is 5.06. The Morgan fingerprint density at radius 1 is 1.31 bits per heavy atom. The monoisotopic (exact) mass is 358 g/mol. The van der Waals surface area contributed by atoms with Gasteiger partial charge in [0.15, 0.2) is 0 Å². The molecule has 7 heteroatoms. The lowest BCUT2D eigenvalue weighted by Crippen LogP contribution is -2.56. The maximum atomic E-state index is 12.9. The largest absolute Gasteiger partial charge is 0.349 e. The van der Waals surface area contributed by atoms with Gasteiger partial charge in [0.05, 0.1) is 24.1 Å². The van der Waals surface area contributed by atoms with Gasteiger partial charge in [-0.25, -0.2) is 4.39 Å². The molecular formula is C19H23FN4O2. The van der Waals surface area contributed by atoms with Crippen LogP contribution in [0.15, 0.2) is 30.5 Å². The number of benzene rings is 1. The van der Waals surface area contributed by atoms with Gasteiger partial charge in [0.2, 0.25) is 11.8 Å². The summed E-state index contributed by atoms with van der Waals surface area (Å²) in [4.78, 5) is 26.3. The Bertz CT molecular complexity index is 809. The van der Waals surface area contributed by atoms with E-state index in [-0.39, 0.29) is 36.0 Å². The average molecular weight is 358 g/mol. The minimum atomic E-state index is -0.320.